The van der Waals surface area contributed by atoms with Crippen LogP contribution < -0.4 is 9.80 Å². The van der Waals surface area contributed by atoms with E-state index in [-0.39, 0.29) is 6.17 Å². The molecule has 0 spiro atoms. The van der Waals surface area contributed by atoms with E-state index in [0.29, 0.717) is 23.7 Å². The van der Waals surface area contributed by atoms with Crippen LogP contribution >= 0.6 is 0 Å². The van der Waals surface area contributed by atoms with Crippen molar-refractivity contribution in [2.24, 2.45) is 5.92 Å². The van der Waals surface area contributed by atoms with Crippen LogP contribution in [0.15, 0.2) is 48.7 Å². The lowest BCUT2D eigenvalue weighted by Crippen LogP contribution is -2.48. The molecule has 2 aliphatic heterocycles. The monoisotopic (exact) mass is 530 g/mol. The van der Waals surface area contributed by atoms with Crippen molar-refractivity contribution in [1.82, 2.24) is 9.97 Å². The average molecular weight is 531 g/mol. The van der Waals surface area contributed by atoms with Gasteiger partial charge < -0.3 is 9.80 Å². The van der Waals surface area contributed by atoms with E-state index in [9.17, 15) is 0 Å². The Morgan fingerprint density at radius 3 is 1.90 bits per heavy atom. The summed E-state index contributed by atoms with van der Waals surface area (Å²) in [6, 6.07) is 15.5. The zero-order chi connectivity index (χ0) is 29.4. The molecule has 2 aromatic carbocycles. The van der Waals surface area contributed by atoms with Gasteiger partial charge >= 0.3 is 0 Å². The number of nitrogens with zero attached hydrogens (tertiary/aromatic N) is 4. The van der Waals surface area contributed by atoms with Gasteiger partial charge in [0, 0.05) is 24.2 Å². The van der Waals surface area contributed by atoms with Gasteiger partial charge in [-0.3, -0.25) is 0 Å². The Hall–Kier alpha value is -2.88. The quantitative estimate of drug-likeness (QED) is 0.336. The summed E-state index contributed by atoms with van der Waals surface area (Å²) in [5, 5.41) is 0. The third kappa shape index (κ3) is 5.85. The zero-order valence-corrected chi connectivity index (χ0v) is 27.0. The van der Waals surface area contributed by atoms with Crippen molar-refractivity contribution in [3.8, 4) is 11.4 Å². The van der Waals surface area contributed by atoms with Crippen LogP contribution in [0, 0.1) is 5.92 Å². The molecule has 1 aromatic heterocycles. The molecule has 4 nitrogen and oxygen atoms in total. The number of aromatic nitrogens is 2. The maximum Gasteiger partial charge on any atom is 0.162 e. The van der Waals surface area contributed by atoms with Gasteiger partial charge in [-0.1, -0.05) is 119 Å². The molecule has 3 unspecified atom stereocenters. The van der Waals surface area contributed by atoms with Gasteiger partial charge in [-0.2, -0.15) is 0 Å². The number of hydrogen-bond donors (Lipinski definition) is 0. The third-order valence-corrected chi connectivity index (χ3v) is 7.74. The van der Waals surface area contributed by atoms with Gasteiger partial charge in [0.15, 0.2) is 11.6 Å². The van der Waals surface area contributed by atoms with Crippen LogP contribution in [0.5, 0.6) is 0 Å². The second-order valence-electron chi connectivity index (χ2n) is 10.4. The Balaban J connectivity index is 0.000000833. The standard InChI is InChI=1S/C29H36N4.3C2H6/c1-8-20-19(6)29-32(7)28-25(33(29)24-15-10-9-12-23(20)24)16-30-27(31-28)26-21(17(2)3)13-11-14-22(26)18(4)5;3*1-2/h9-20,29H,8H2,1-7H3;3*1-2H3. The van der Waals surface area contributed by atoms with E-state index < -0.39 is 0 Å². The van der Waals surface area contributed by atoms with E-state index in [0.717, 1.165) is 23.8 Å². The summed E-state index contributed by atoms with van der Waals surface area (Å²) in [6.45, 7) is 25.7. The van der Waals surface area contributed by atoms with Crippen LogP contribution in [0.25, 0.3) is 11.4 Å². The predicted octanol–water partition coefficient (Wildman–Crippen LogP) is 10.5. The number of fused-ring (bicyclic) bond motifs is 5. The number of anilines is 3. The SMILES string of the molecule is CC.CC.CC.CCC1c2ccccc2N2c3cnc(-c4c(C(C)C)cccc4C(C)C)nc3N(C)C2C1C. The summed E-state index contributed by atoms with van der Waals surface area (Å²) in [5.41, 5.74) is 7.73. The summed E-state index contributed by atoms with van der Waals surface area (Å²) in [4.78, 5) is 15.1. The van der Waals surface area contributed by atoms with Crippen molar-refractivity contribution >= 4 is 17.2 Å². The molecule has 3 aromatic rings. The highest BCUT2D eigenvalue weighted by Gasteiger charge is 2.46. The zero-order valence-electron chi connectivity index (χ0n) is 27.0. The van der Waals surface area contributed by atoms with Crippen molar-refractivity contribution in [1.29, 1.82) is 0 Å². The molecule has 3 heterocycles. The van der Waals surface area contributed by atoms with Gasteiger partial charge in [-0.25, -0.2) is 9.97 Å². The number of rotatable bonds is 4. The van der Waals surface area contributed by atoms with E-state index >= 15 is 0 Å². The average Bonchev–Trinajstić information content (AvgIpc) is 3.28. The Kier molecular flexibility index (Phi) is 12.0. The summed E-state index contributed by atoms with van der Waals surface area (Å²) in [7, 11) is 2.20. The molecule has 2 aliphatic rings. The molecular weight excluding hydrogens is 476 g/mol. The predicted molar refractivity (Wildman–Crippen MR) is 173 cm³/mol. The fourth-order valence-corrected chi connectivity index (χ4v) is 6.13. The van der Waals surface area contributed by atoms with Crippen LogP contribution in [-0.4, -0.2) is 23.2 Å². The first-order valence-corrected chi connectivity index (χ1v) is 15.5. The van der Waals surface area contributed by atoms with Crippen LogP contribution in [0.2, 0.25) is 0 Å². The van der Waals surface area contributed by atoms with Crippen LogP contribution in [0.3, 0.4) is 0 Å². The minimum absolute atomic E-state index is 0.259. The molecule has 4 heteroatoms. The van der Waals surface area contributed by atoms with Crippen molar-refractivity contribution in [2.45, 2.75) is 113 Å². The fourth-order valence-electron chi connectivity index (χ4n) is 6.13. The Labute approximate surface area is 239 Å². The van der Waals surface area contributed by atoms with Crippen LogP contribution in [0.4, 0.5) is 17.2 Å². The van der Waals surface area contributed by atoms with Crippen LogP contribution in [0.1, 0.15) is 124 Å². The minimum atomic E-state index is 0.259. The first kappa shape index (κ1) is 32.3. The summed E-state index contributed by atoms with van der Waals surface area (Å²) in [5.74, 6) is 3.74. The fraction of sp³-hybridized carbons (Fsp3) is 0.543. The molecule has 214 valence electrons. The molecule has 0 fully saturated rings. The maximum atomic E-state index is 5.25. The topological polar surface area (TPSA) is 32.3 Å². The summed E-state index contributed by atoms with van der Waals surface area (Å²) in [6.07, 6.45) is 3.46. The minimum Gasteiger partial charge on any atom is -0.337 e. The highest BCUT2D eigenvalue weighted by atomic mass is 15.4. The van der Waals surface area contributed by atoms with Gasteiger partial charge in [-0.15, -0.1) is 0 Å². The van der Waals surface area contributed by atoms with E-state index in [1.807, 2.05) is 41.5 Å². The Bertz CT molecular complexity index is 1160. The second kappa shape index (κ2) is 14.5. The molecule has 0 saturated carbocycles. The maximum absolute atomic E-state index is 5.25. The van der Waals surface area contributed by atoms with Gasteiger partial charge in [0.05, 0.1) is 6.20 Å². The van der Waals surface area contributed by atoms with Gasteiger partial charge in [-0.05, 0) is 46.9 Å². The molecule has 0 N–H and O–H groups in total. The van der Waals surface area contributed by atoms with Gasteiger partial charge in [0.1, 0.15) is 11.9 Å². The van der Waals surface area contributed by atoms with Crippen molar-refractivity contribution in [3.05, 3.63) is 65.4 Å². The summed E-state index contributed by atoms with van der Waals surface area (Å²) < 4.78 is 0. The summed E-state index contributed by atoms with van der Waals surface area (Å²) >= 11 is 0. The lowest BCUT2D eigenvalue weighted by molar-refractivity contribution is 0.354. The lowest BCUT2D eigenvalue weighted by Gasteiger charge is -2.44. The second-order valence-corrected chi connectivity index (χ2v) is 10.4. The highest BCUT2D eigenvalue weighted by molar-refractivity contribution is 5.84. The van der Waals surface area contributed by atoms with Gasteiger partial charge in [0.2, 0.25) is 0 Å². The third-order valence-electron chi connectivity index (χ3n) is 7.74. The first-order valence-electron chi connectivity index (χ1n) is 15.5. The Morgan fingerprint density at radius 2 is 1.36 bits per heavy atom. The van der Waals surface area contributed by atoms with Gasteiger partial charge in [0.25, 0.3) is 0 Å². The molecule has 0 amide bonds. The molecule has 0 aliphatic carbocycles. The van der Waals surface area contributed by atoms with Crippen molar-refractivity contribution in [3.63, 3.8) is 0 Å². The van der Waals surface area contributed by atoms with Crippen LogP contribution in [-0.2, 0) is 0 Å². The molecule has 3 atom stereocenters. The van der Waals surface area contributed by atoms with Crippen molar-refractivity contribution in [2.75, 3.05) is 16.8 Å². The first-order chi connectivity index (χ1) is 18.8. The number of hydrogen-bond acceptors (Lipinski definition) is 4. The van der Waals surface area contributed by atoms with E-state index in [1.54, 1.807) is 0 Å². The molecule has 0 saturated heterocycles. The molecule has 0 bridgehead atoms. The smallest absolute Gasteiger partial charge is 0.162 e. The number of para-hydroxylation sites is 1. The molecular formula is C35H54N4. The Morgan fingerprint density at radius 1 is 0.795 bits per heavy atom. The van der Waals surface area contributed by atoms with E-state index in [1.165, 1.54) is 27.9 Å². The molecule has 39 heavy (non-hydrogen) atoms. The van der Waals surface area contributed by atoms with E-state index in [2.05, 4.69) is 107 Å². The largest absolute Gasteiger partial charge is 0.337 e. The van der Waals surface area contributed by atoms with Crippen molar-refractivity contribution < 1.29 is 0 Å². The molecule has 0 radical (unpaired) electrons. The highest BCUT2D eigenvalue weighted by Crippen LogP contribution is 2.53. The van der Waals surface area contributed by atoms with E-state index in [4.69, 9.17) is 9.97 Å². The molecule has 5 rings (SSSR count). The number of benzene rings is 2. The normalized spacial score (nSPS) is 18.6. The lowest BCUT2D eigenvalue weighted by atomic mass is 9.78.